The monoisotopic (exact) mass is 220 g/mol. The molecule has 1 aromatic rings. The van der Waals surface area contributed by atoms with Crippen molar-refractivity contribution in [2.24, 2.45) is 5.73 Å². The van der Waals surface area contributed by atoms with Gasteiger partial charge in [0.25, 0.3) is 0 Å². The number of nitrogens with zero attached hydrogens (tertiary/aromatic N) is 3. The van der Waals surface area contributed by atoms with Crippen LogP contribution in [0.2, 0.25) is 0 Å². The van der Waals surface area contributed by atoms with E-state index >= 15 is 0 Å². The first-order valence-corrected chi connectivity index (χ1v) is 4.56. The fraction of sp³-hybridized carbons (Fsp3) is 0.750. The fourth-order valence-corrected chi connectivity index (χ4v) is 1.12. The average molecular weight is 221 g/mol. The number of unbranched alkanes of at least 4 members (excludes halogenated alkanes) is 2. The Kier molecular flexibility index (Phi) is 7.37. The van der Waals surface area contributed by atoms with Crippen LogP contribution in [0.5, 0.6) is 0 Å². The van der Waals surface area contributed by atoms with Gasteiger partial charge in [0.05, 0.1) is 12.8 Å². The van der Waals surface area contributed by atoms with E-state index in [-0.39, 0.29) is 19.0 Å². The highest BCUT2D eigenvalue weighted by molar-refractivity contribution is 5.85. The summed E-state index contributed by atoms with van der Waals surface area (Å²) in [6.45, 7) is 1.56. The van der Waals surface area contributed by atoms with E-state index in [1.54, 1.807) is 10.9 Å². The van der Waals surface area contributed by atoms with E-state index in [1.807, 2.05) is 0 Å². The molecule has 1 rings (SSSR count). The summed E-state index contributed by atoms with van der Waals surface area (Å²) in [6, 6.07) is 0. The largest absolute Gasteiger partial charge is 0.390 e. The van der Waals surface area contributed by atoms with E-state index in [0.29, 0.717) is 5.69 Å². The predicted molar refractivity (Wildman–Crippen MR) is 56.1 cm³/mol. The highest BCUT2D eigenvalue weighted by Gasteiger charge is 1.97. The Bertz CT molecular complexity index is 241. The topological polar surface area (TPSA) is 77.0 Å². The fourth-order valence-electron chi connectivity index (χ4n) is 1.12. The van der Waals surface area contributed by atoms with E-state index in [1.165, 1.54) is 0 Å². The molecule has 0 aliphatic carbocycles. The van der Waals surface area contributed by atoms with Crippen molar-refractivity contribution in [1.82, 2.24) is 15.0 Å². The SMILES string of the molecule is Cl.NCCCCCn1cc(CO)nn1. The number of hydrogen-bond acceptors (Lipinski definition) is 4. The molecule has 14 heavy (non-hydrogen) atoms. The van der Waals surface area contributed by atoms with Crippen molar-refractivity contribution in [1.29, 1.82) is 0 Å². The number of nitrogens with two attached hydrogens (primary N) is 1. The van der Waals surface area contributed by atoms with E-state index in [9.17, 15) is 0 Å². The Morgan fingerprint density at radius 1 is 1.36 bits per heavy atom. The maximum absolute atomic E-state index is 8.73. The minimum absolute atomic E-state index is 0. The number of rotatable bonds is 6. The van der Waals surface area contributed by atoms with Crippen molar-refractivity contribution in [3.63, 3.8) is 0 Å². The summed E-state index contributed by atoms with van der Waals surface area (Å²) in [4.78, 5) is 0. The van der Waals surface area contributed by atoms with Gasteiger partial charge in [0.1, 0.15) is 5.69 Å². The van der Waals surface area contributed by atoms with Gasteiger partial charge >= 0.3 is 0 Å². The quantitative estimate of drug-likeness (QED) is 0.677. The molecule has 82 valence electrons. The van der Waals surface area contributed by atoms with Crippen LogP contribution in [-0.2, 0) is 13.2 Å². The van der Waals surface area contributed by atoms with Gasteiger partial charge in [-0.15, -0.1) is 17.5 Å². The Morgan fingerprint density at radius 3 is 2.71 bits per heavy atom. The molecule has 0 aromatic carbocycles. The maximum atomic E-state index is 8.73. The van der Waals surface area contributed by atoms with Gasteiger partial charge in [-0.3, -0.25) is 4.68 Å². The molecule has 6 heteroatoms. The number of aromatic nitrogens is 3. The lowest BCUT2D eigenvalue weighted by Crippen LogP contribution is -2.02. The molecule has 0 saturated heterocycles. The van der Waals surface area contributed by atoms with E-state index in [4.69, 9.17) is 10.8 Å². The van der Waals surface area contributed by atoms with Crippen molar-refractivity contribution in [3.05, 3.63) is 11.9 Å². The number of aliphatic hydroxyl groups is 1. The number of aryl methyl sites for hydroxylation is 1. The van der Waals surface area contributed by atoms with Crippen LogP contribution >= 0.6 is 12.4 Å². The summed E-state index contributed by atoms with van der Waals surface area (Å²) in [7, 11) is 0. The van der Waals surface area contributed by atoms with Crippen molar-refractivity contribution in [2.45, 2.75) is 32.4 Å². The molecule has 0 saturated carbocycles. The average Bonchev–Trinajstić information content (AvgIpc) is 2.60. The first-order valence-electron chi connectivity index (χ1n) is 4.56. The van der Waals surface area contributed by atoms with Crippen molar-refractivity contribution < 1.29 is 5.11 Å². The summed E-state index contributed by atoms with van der Waals surface area (Å²) < 4.78 is 1.75. The van der Waals surface area contributed by atoms with Crippen molar-refractivity contribution in [2.75, 3.05) is 6.54 Å². The zero-order chi connectivity index (χ0) is 9.52. The molecule has 1 heterocycles. The molecule has 0 radical (unpaired) electrons. The summed E-state index contributed by atoms with van der Waals surface area (Å²) in [5.41, 5.74) is 5.99. The molecule has 0 aliphatic rings. The summed E-state index contributed by atoms with van der Waals surface area (Å²) in [5.74, 6) is 0. The van der Waals surface area contributed by atoms with E-state index < -0.39 is 0 Å². The lowest BCUT2D eigenvalue weighted by Gasteiger charge is -1.98. The van der Waals surface area contributed by atoms with Crippen molar-refractivity contribution >= 4 is 12.4 Å². The third-order valence-corrected chi connectivity index (χ3v) is 1.84. The third-order valence-electron chi connectivity index (χ3n) is 1.84. The molecule has 0 spiro atoms. The highest BCUT2D eigenvalue weighted by atomic mass is 35.5. The van der Waals surface area contributed by atoms with Crippen LogP contribution in [0.3, 0.4) is 0 Å². The van der Waals surface area contributed by atoms with Gasteiger partial charge in [0.15, 0.2) is 0 Å². The zero-order valence-electron chi connectivity index (χ0n) is 8.09. The number of hydrogen-bond donors (Lipinski definition) is 2. The molecule has 5 nitrogen and oxygen atoms in total. The Hall–Kier alpha value is -0.650. The van der Waals surface area contributed by atoms with E-state index in [0.717, 1.165) is 32.4 Å². The summed E-state index contributed by atoms with van der Waals surface area (Å²) in [6.07, 6.45) is 5.00. The number of aliphatic hydroxyl groups excluding tert-OH is 1. The van der Waals surface area contributed by atoms with Gasteiger partial charge < -0.3 is 10.8 Å². The lowest BCUT2D eigenvalue weighted by atomic mass is 10.2. The second-order valence-corrected chi connectivity index (χ2v) is 2.98. The van der Waals surface area contributed by atoms with Crippen LogP contribution in [0.15, 0.2) is 6.20 Å². The molecule has 0 bridgehead atoms. The van der Waals surface area contributed by atoms with Crippen LogP contribution < -0.4 is 5.73 Å². The number of halogens is 1. The third kappa shape index (κ3) is 4.55. The molecule has 0 fully saturated rings. The molecule has 0 aliphatic heterocycles. The Balaban J connectivity index is 0.00000169. The first-order chi connectivity index (χ1) is 6.36. The smallest absolute Gasteiger partial charge is 0.108 e. The van der Waals surface area contributed by atoms with Crippen LogP contribution in [0, 0.1) is 0 Å². The van der Waals surface area contributed by atoms with Crippen molar-refractivity contribution in [3.8, 4) is 0 Å². The minimum atomic E-state index is -0.0389. The van der Waals surface area contributed by atoms with Gasteiger partial charge in [0, 0.05) is 6.54 Å². The van der Waals surface area contributed by atoms with Crippen LogP contribution in [0.25, 0.3) is 0 Å². The Labute approximate surface area is 89.7 Å². The molecular formula is C8H17ClN4O. The molecule has 0 atom stereocenters. The highest BCUT2D eigenvalue weighted by Crippen LogP contribution is 1.98. The van der Waals surface area contributed by atoms with Crippen LogP contribution in [0.4, 0.5) is 0 Å². The van der Waals surface area contributed by atoms with Crippen LogP contribution in [0.1, 0.15) is 25.0 Å². The maximum Gasteiger partial charge on any atom is 0.108 e. The molecular weight excluding hydrogens is 204 g/mol. The molecule has 3 N–H and O–H groups in total. The minimum Gasteiger partial charge on any atom is -0.390 e. The van der Waals surface area contributed by atoms with Gasteiger partial charge in [-0.1, -0.05) is 11.6 Å². The van der Waals surface area contributed by atoms with E-state index in [2.05, 4.69) is 10.3 Å². The van der Waals surface area contributed by atoms with Crippen LogP contribution in [-0.4, -0.2) is 26.6 Å². The van der Waals surface area contributed by atoms with Gasteiger partial charge in [0.2, 0.25) is 0 Å². The van der Waals surface area contributed by atoms with Gasteiger partial charge in [-0.25, -0.2) is 0 Å². The zero-order valence-corrected chi connectivity index (χ0v) is 8.91. The molecule has 1 aromatic heterocycles. The second kappa shape index (κ2) is 7.73. The standard InChI is InChI=1S/C8H16N4O.ClH/c9-4-2-1-3-5-12-6-8(7-13)10-11-12;/h6,13H,1-5,7,9H2;1H. The lowest BCUT2D eigenvalue weighted by molar-refractivity contribution is 0.276. The molecule has 0 amide bonds. The first kappa shape index (κ1) is 13.4. The summed E-state index contributed by atoms with van der Waals surface area (Å²) in [5, 5.41) is 16.4. The Morgan fingerprint density at radius 2 is 2.14 bits per heavy atom. The summed E-state index contributed by atoms with van der Waals surface area (Å²) >= 11 is 0. The second-order valence-electron chi connectivity index (χ2n) is 2.98. The molecule has 0 unspecified atom stereocenters. The van der Waals surface area contributed by atoms with Gasteiger partial charge in [-0.2, -0.15) is 0 Å². The normalized spacial score (nSPS) is 9.86. The van der Waals surface area contributed by atoms with Gasteiger partial charge in [-0.05, 0) is 19.4 Å². The predicted octanol–water partition coefficient (Wildman–Crippen LogP) is 0.321.